The molecule has 35 heavy (non-hydrogen) atoms. The summed E-state index contributed by atoms with van der Waals surface area (Å²) in [5, 5.41) is 3.00. The van der Waals surface area contributed by atoms with Gasteiger partial charge in [0.15, 0.2) is 0 Å². The van der Waals surface area contributed by atoms with Crippen molar-refractivity contribution in [3.8, 4) is 5.75 Å². The molecule has 0 saturated heterocycles. The van der Waals surface area contributed by atoms with Crippen LogP contribution >= 0.6 is 0 Å². The third-order valence-corrected chi connectivity index (χ3v) is 7.22. The van der Waals surface area contributed by atoms with Crippen LogP contribution < -0.4 is 14.8 Å². The number of carbonyl (C=O) groups is 1. The van der Waals surface area contributed by atoms with Crippen molar-refractivity contribution in [3.05, 3.63) is 95.6 Å². The topological polar surface area (TPSA) is 84.5 Å². The minimum Gasteiger partial charge on any atom is -0.494 e. The van der Waals surface area contributed by atoms with Crippen LogP contribution in [0.5, 0.6) is 5.75 Å². The molecule has 3 aromatic carbocycles. The van der Waals surface area contributed by atoms with Gasteiger partial charge in [0, 0.05) is 6.04 Å². The Morgan fingerprint density at radius 3 is 2.17 bits per heavy atom. The maximum absolute atomic E-state index is 13.2. The normalized spacial score (nSPS) is 13.1. The van der Waals surface area contributed by atoms with Crippen LogP contribution in [0.4, 0.5) is 0 Å². The molecule has 0 heterocycles. The number of rotatable bonds is 12. The van der Waals surface area contributed by atoms with E-state index >= 15 is 0 Å². The Morgan fingerprint density at radius 2 is 1.57 bits per heavy atom. The van der Waals surface area contributed by atoms with Crippen LogP contribution in [-0.2, 0) is 27.7 Å². The first-order chi connectivity index (χ1) is 16.8. The fraction of sp³-hybridized carbons (Fsp3) is 0.321. The summed E-state index contributed by atoms with van der Waals surface area (Å²) in [6, 6.07) is 23.1. The second-order valence-corrected chi connectivity index (χ2v) is 10.4. The molecule has 1 amide bonds. The molecular formula is C28H34N2O4S. The van der Waals surface area contributed by atoms with Gasteiger partial charge in [0.2, 0.25) is 15.9 Å². The SMILES string of the molecule is CCOc1ccc(S(=O)(=O)NC(Cc2ccccc2)C(=O)NC(C)CCc2ccccc2)cc1C. The number of amides is 1. The first-order valence-electron chi connectivity index (χ1n) is 11.9. The lowest BCUT2D eigenvalue weighted by molar-refractivity contribution is -0.123. The van der Waals surface area contributed by atoms with Crippen LogP contribution in [-0.4, -0.2) is 33.0 Å². The van der Waals surface area contributed by atoms with Gasteiger partial charge in [-0.1, -0.05) is 60.7 Å². The molecule has 7 heteroatoms. The number of nitrogens with one attached hydrogen (secondary N) is 2. The highest BCUT2D eigenvalue weighted by Gasteiger charge is 2.27. The van der Waals surface area contributed by atoms with Gasteiger partial charge in [0.05, 0.1) is 11.5 Å². The number of sulfonamides is 1. The Labute approximate surface area is 208 Å². The fourth-order valence-electron chi connectivity index (χ4n) is 3.84. The maximum atomic E-state index is 13.2. The molecule has 0 aromatic heterocycles. The molecule has 6 nitrogen and oxygen atoms in total. The molecule has 0 saturated carbocycles. The summed E-state index contributed by atoms with van der Waals surface area (Å²) >= 11 is 0. The van der Waals surface area contributed by atoms with Crippen LogP contribution in [0.25, 0.3) is 0 Å². The van der Waals surface area contributed by atoms with Gasteiger partial charge in [-0.3, -0.25) is 4.79 Å². The molecule has 0 bridgehead atoms. The van der Waals surface area contributed by atoms with Crippen LogP contribution in [0, 0.1) is 6.92 Å². The Balaban J connectivity index is 1.74. The van der Waals surface area contributed by atoms with E-state index in [1.807, 2.05) is 62.4 Å². The Hall–Kier alpha value is -3.16. The monoisotopic (exact) mass is 494 g/mol. The minimum atomic E-state index is -3.94. The van der Waals surface area contributed by atoms with Gasteiger partial charge < -0.3 is 10.1 Å². The minimum absolute atomic E-state index is 0.0986. The van der Waals surface area contributed by atoms with E-state index in [0.717, 1.165) is 18.4 Å². The predicted octanol–water partition coefficient (Wildman–Crippen LogP) is 4.42. The van der Waals surface area contributed by atoms with Gasteiger partial charge in [-0.25, -0.2) is 8.42 Å². The lowest BCUT2D eigenvalue weighted by Crippen LogP contribution is -2.50. The molecular weight excluding hydrogens is 460 g/mol. The van der Waals surface area contributed by atoms with E-state index in [9.17, 15) is 13.2 Å². The molecule has 0 aliphatic heterocycles. The average molecular weight is 495 g/mol. The van der Waals surface area contributed by atoms with E-state index in [2.05, 4.69) is 22.2 Å². The number of ether oxygens (including phenoxy) is 1. The molecule has 3 rings (SSSR count). The zero-order valence-electron chi connectivity index (χ0n) is 20.5. The van der Waals surface area contributed by atoms with Gasteiger partial charge in [-0.2, -0.15) is 4.72 Å². The number of hydrogen-bond donors (Lipinski definition) is 2. The molecule has 2 unspecified atom stereocenters. The van der Waals surface area contributed by atoms with Crippen molar-refractivity contribution in [2.24, 2.45) is 0 Å². The van der Waals surface area contributed by atoms with Crippen molar-refractivity contribution in [1.82, 2.24) is 10.0 Å². The summed E-state index contributed by atoms with van der Waals surface area (Å²) in [5.41, 5.74) is 2.78. The van der Waals surface area contributed by atoms with E-state index in [4.69, 9.17) is 4.74 Å². The smallest absolute Gasteiger partial charge is 0.241 e. The highest BCUT2D eigenvalue weighted by atomic mass is 32.2. The molecule has 0 fully saturated rings. The summed E-state index contributed by atoms with van der Waals surface area (Å²) in [6.45, 7) is 6.10. The maximum Gasteiger partial charge on any atom is 0.241 e. The Kier molecular flexibility index (Phi) is 9.46. The first-order valence-corrected chi connectivity index (χ1v) is 13.4. The Morgan fingerprint density at radius 1 is 0.943 bits per heavy atom. The molecule has 2 N–H and O–H groups in total. The highest BCUT2D eigenvalue weighted by molar-refractivity contribution is 7.89. The van der Waals surface area contributed by atoms with Crippen molar-refractivity contribution in [3.63, 3.8) is 0 Å². The van der Waals surface area contributed by atoms with Crippen molar-refractivity contribution in [2.75, 3.05) is 6.61 Å². The van der Waals surface area contributed by atoms with Gasteiger partial charge >= 0.3 is 0 Å². The largest absolute Gasteiger partial charge is 0.494 e. The van der Waals surface area contributed by atoms with Gasteiger partial charge in [0.1, 0.15) is 11.8 Å². The average Bonchev–Trinajstić information content (AvgIpc) is 2.85. The van der Waals surface area contributed by atoms with E-state index < -0.39 is 16.1 Å². The number of hydrogen-bond acceptors (Lipinski definition) is 4. The van der Waals surface area contributed by atoms with Crippen molar-refractivity contribution in [2.45, 2.75) is 57.0 Å². The summed E-state index contributed by atoms with van der Waals surface area (Å²) < 4.78 is 34.6. The second kappa shape index (κ2) is 12.5. The summed E-state index contributed by atoms with van der Waals surface area (Å²) in [5.74, 6) is 0.290. The fourth-order valence-corrected chi connectivity index (χ4v) is 5.12. The molecule has 0 aliphatic rings. The number of benzene rings is 3. The zero-order valence-corrected chi connectivity index (χ0v) is 21.3. The third-order valence-electron chi connectivity index (χ3n) is 5.75. The van der Waals surface area contributed by atoms with Crippen LogP contribution in [0.1, 0.15) is 37.0 Å². The molecule has 186 valence electrons. The lowest BCUT2D eigenvalue weighted by Gasteiger charge is -2.22. The standard InChI is InChI=1S/C28H34N2O4S/c1-4-34-27-18-17-25(19-21(27)2)35(32,33)30-26(20-24-13-9-6-10-14-24)28(31)29-22(3)15-16-23-11-7-5-8-12-23/h5-14,17-19,22,26,30H,4,15-16,20H2,1-3H3,(H,29,31). The van der Waals surface area contributed by atoms with Crippen LogP contribution in [0.15, 0.2) is 83.8 Å². The van der Waals surface area contributed by atoms with Crippen LogP contribution in [0.2, 0.25) is 0 Å². The summed E-state index contributed by atoms with van der Waals surface area (Å²) in [4.78, 5) is 13.3. The highest BCUT2D eigenvalue weighted by Crippen LogP contribution is 2.22. The molecule has 0 spiro atoms. The molecule has 0 aliphatic carbocycles. The Bertz CT molecular complexity index is 1200. The lowest BCUT2D eigenvalue weighted by atomic mass is 10.0. The third kappa shape index (κ3) is 7.94. The van der Waals surface area contributed by atoms with Gasteiger partial charge in [0.25, 0.3) is 0 Å². The van der Waals surface area contributed by atoms with Crippen molar-refractivity contribution in [1.29, 1.82) is 0 Å². The first kappa shape index (κ1) is 26.4. The molecule has 3 aromatic rings. The van der Waals surface area contributed by atoms with Crippen molar-refractivity contribution < 1.29 is 17.9 Å². The zero-order chi connectivity index (χ0) is 25.3. The quantitative estimate of drug-likeness (QED) is 0.390. The number of carbonyl (C=O) groups excluding carboxylic acids is 1. The van der Waals surface area contributed by atoms with Crippen molar-refractivity contribution >= 4 is 15.9 Å². The molecule has 0 radical (unpaired) electrons. The van der Waals surface area contributed by atoms with E-state index in [1.165, 1.54) is 11.6 Å². The van der Waals surface area contributed by atoms with Crippen LogP contribution in [0.3, 0.4) is 0 Å². The summed E-state index contributed by atoms with van der Waals surface area (Å²) in [7, 11) is -3.94. The molecule has 2 atom stereocenters. The predicted molar refractivity (Wildman–Crippen MR) is 139 cm³/mol. The number of aryl methyl sites for hydroxylation is 2. The van der Waals surface area contributed by atoms with E-state index in [1.54, 1.807) is 19.1 Å². The van der Waals surface area contributed by atoms with Gasteiger partial charge in [-0.05, 0) is 74.9 Å². The van der Waals surface area contributed by atoms with E-state index in [0.29, 0.717) is 17.9 Å². The van der Waals surface area contributed by atoms with E-state index in [-0.39, 0.29) is 23.3 Å². The second-order valence-electron chi connectivity index (χ2n) is 8.66. The summed E-state index contributed by atoms with van der Waals surface area (Å²) in [6.07, 6.45) is 1.81. The van der Waals surface area contributed by atoms with Gasteiger partial charge in [-0.15, -0.1) is 0 Å².